The molecule has 0 atom stereocenters. The molecule has 2 aromatic carbocycles. The number of aryl methyl sites for hydroxylation is 1. The molecule has 0 radical (unpaired) electrons. The summed E-state index contributed by atoms with van der Waals surface area (Å²) in [6.07, 6.45) is 3.15. The van der Waals surface area contributed by atoms with Crippen molar-refractivity contribution in [2.75, 3.05) is 19.6 Å². The Kier molecular flexibility index (Phi) is 7.51. The van der Waals surface area contributed by atoms with Gasteiger partial charge < -0.3 is 9.64 Å². The zero-order valence-electron chi connectivity index (χ0n) is 16.8. The number of sulfonamides is 1. The molecular weight excluding hydrogens is 396 g/mol. The van der Waals surface area contributed by atoms with E-state index < -0.39 is 10.0 Å². The van der Waals surface area contributed by atoms with Crippen LogP contribution in [0.3, 0.4) is 0 Å². The summed E-state index contributed by atoms with van der Waals surface area (Å²) in [6.45, 7) is 4.07. The minimum absolute atomic E-state index is 0.0641. The molecule has 6 nitrogen and oxygen atoms in total. The van der Waals surface area contributed by atoms with Gasteiger partial charge in [-0.15, -0.1) is 11.8 Å². The van der Waals surface area contributed by atoms with Gasteiger partial charge in [0.15, 0.2) is 0 Å². The average molecular weight is 423 g/mol. The standard InChI is InChI=1S/C20H26N2O4S2/c1-14-10-18(7-9-20(14)27-4)26-19-8-6-16(12-21-28(5,24)25)11-17(19)13-22(3)15(2)23/h6-11,21H,12-13H2,1-5H3. The molecule has 0 bridgehead atoms. The fraction of sp³-hybridized carbons (Fsp3) is 0.350. The van der Waals surface area contributed by atoms with Gasteiger partial charge in [-0.25, -0.2) is 13.1 Å². The lowest BCUT2D eigenvalue weighted by atomic mass is 10.1. The first-order chi connectivity index (χ1) is 13.1. The van der Waals surface area contributed by atoms with Crippen LogP contribution in [0.5, 0.6) is 11.5 Å². The first-order valence-electron chi connectivity index (χ1n) is 8.69. The van der Waals surface area contributed by atoms with E-state index in [-0.39, 0.29) is 12.5 Å². The van der Waals surface area contributed by atoms with Crippen LogP contribution < -0.4 is 9.46 Å². The molecule has 152 valence electrons. The van der Waals surface area contributed by atoms with Crippen LogP contribution in [0.15, 0.2) is 41.3 Å². The van der Waals surface area contributed by atoms with E-state index in [9.17, 15) is 13.2 Å². The Hall–Kier alpha value is -2.03. The highest BCUT2D eigenvalue weighted by atomic mass is 32.2. The molecule has 1 N–H and O–H groups in total. The first kappa shape index (κ1) is 22.3. The summed E-state index contributed by atoms with van der Waals surface area (Å²) in [5.41, 5.74) is 2.72. The Morgan fingerprint density at radius 2 is 1.93 bits per heavy atom. The van der Waals surface area contributed by atoms with Crippen molar-refractivity contribution in [1.29, 1.82) is 0 Å². The lowest BCUT2D eigenvalue weighted by Gasteiger charge is -2.19. The van der Waals surface area contributed by atoms with Gasteiger partial charge in [0.05, 0.1) is 6.26 Å². The molecule has 0 saturated heterocycles. The van der Waals surface area contributed by atoms with E-state index in [1.807, 2.05) is 43.5 Å². The normalized spacial score (nSPS) is 11.3. The molecular formula is C20H26N2O4S2. The van der Waals surface area contributed by atoms with Crippen molar-refractivity contribution in [2.24, 2.45) is 0 Å². The molecule has 0 spiro atoms. The maximum absolute atomic E-state index is 11.7. The van der Waals surface area contributed by atoms with Gasteiger partial charge in [-0.1, -0.05) is 6.07 Å². The van der Waals surface area contributed by atoms with Gasteiger partial charge in [0.1, 0.15) is 11.5 Å². The second-order valence-corrected chi connectivity index (χ2v) is 9.33. The molecule has 2 rings (SSSR count). The van der Waals surface area contributed by atoms with Crippen molar-refractivity contribution in [2.45, 2.75) is 31.8 Å². The number of nitrogens with zero attached hydrogens (tertiary/aromatic N) is 1. The lowest BCUT2D eigenvalue weighted by Crippen LogP contribution is -2.24. The highest BCUT2D eigenvalue weighted by Crippen LogP contribution is 2.30. The second-order valence-electron chi connectivity index (χ2n) is 6.64. The smallest absolute Gasteiger partial charge is 0.219 e. The fourth-order valence-electron chi connectivity index (χ4n) is 2.59. The topological polar surface area (TPSA) is 75.7 Å². The van der Waals surface area contributed by atoms with Gasteiger partial charge >= 0.3 is 0 Å². The quantitative estimate of drug-likeness (QED) is 0.659. The number of carbonyl (C=O) groups is 1. The van der Waals surface area contributed by atoms with Crippen molar-refractivity contribution < 1.29 is 17.9 Å². The molecule has 1 amide bonds. The molecule has 0 aliphatic heterocycles. The van der Waals surface area contributed by atoms with Gasteiger partial charge in [0.25, 0.3) is 0 Å². The number of nitrogens with one attached hydrogen (secondary N) is 1. The maximum atomic E-state index is 11.7. The van der Waals surface area contributed by atoms with Crippen molar-refractivity contribution >= 4 is 27.7 Å². The molecule has 0 saturated carbocycles. The van der Waals surface area contributed by atoms with Gasteiger partial charge in [-0.2, -0.15) is 0 Å². The van der Waals surface area contributed by atoms with Crippen LogP contribution in [0, 0.1) is 6.92 Å². The zero-order chi connectivity index (χ0) is 20.9. The summed E-state index contributed by atoms with van der Waals surface area (Å²) >= 11 is 1.68. The summed E-state index contributed by atoms with van der Waals surface area (Å²) in [4.78, 5) is 14.4. The van der Waals surface area contributed by atoms with E-state index >= 15 is 0 Å². The minimum Gasteiger partial charge on any atom is -0.457 e. The number of hydrogen-bond donors (Lipinski definition) is 1. The molecule has 0 fully saturated rings. The number of rotatable bonds is 8. The van der Waals surface area contributed by atoms with Crippen molar-refractivity contribution in [1.82, 2.24) is 9.62 Å². The van der Waals surface area contributed by atoms with Crippen LogP contribution in [0.25, 0.3) is 0 Å². The molecule has 8 heteroatoms. The van der Waals surface area contributed by atoms with Crippen LogP contribution >= 0.6 is 11.8 Å². The fourth-order valence-corrected chi connectivity index (χ4v) is 3.60. The lowest BCUT2D eigenvalue weighted by molar-refractivity contribution is -0.128. The number of hydrogen-bond acceptors (Lipinski definition) is 5. The molecule has 0 unspecified atom stereocenters. The molecule has 28 heavy (non-hydrogen) atoms. The third-order valence-electron chi connectivity index (χ3n) is 4.20. The number of carbonyl (C=O) groups excluding carboxylic acids is 1. The number of ether oxygens (including phenoxy) is 1. The Balaban J connectivity index is 2.32. The Bertz CT molecular complexity index is 959. The van der Waals surface area contributed by atoms with E-state index in [0.29, 0.717) is 18.0 Å². The third-order valence-corrected chi connectivity index (χ3v) is 5.77. The summed E-state index contributed by atoms with van der Waals surface area (Å²) in [7, 11) is -1.58. The number of amides is 1. The highest BCUT2D eigenvalue weighted by molar-refractivity contribution is 7.98. The van der Waals surface area contributed by atoms with E-state index in [4.69, 9.17) is 4.74 Å². The minimum atomic E-state index is -3.29. The van der Waals surface area contributed by atoms with Crippen molar-refractivity contribution in [3.63, 3.8) is 0 Å². The number of benzene rings is 2. The summed E-state index contributed by atoms with van der Waals surface area (Å²) in [6, 6.07) is 11.4. The van der Waals surface area contributed by atoms with Gasteiger partial charge in [0, 0.05) is 37.5 Å². The summed E-state index contributed by atoms with van der Waals surface area (Å²) in [5, 5.41) is 0. The second kappa shape index (κ2) is 9.45. The summed E-state index contributed by atoms with van der Waals surface area (Å²) in [5.74, 6) is 1.28. The van der Waals surface area contributed by atoms with E-state index in [1.165, 1.54) is 11.8 Å². The summed E-state index contributed by atoms with van der Waals surface area (Å²) < 4.78 is 31.3. The molecule has 0 aliphatic rings. The average Bonchev–Trinajstić information content (AvgIpc) is 2.61. The predicted octanol–water partition coefficient (Wildman–Crippen LogP) is 3.54. The molecule has 2 aromatic rings. The van der Waals surface area contributed by atoms with Crippen LogP contribution in [0.1, 0.15) is 23.6 Å². The predicted molar refractivity (Wildman–Crippen MR) is 113 cm³/mol. The van der Waals surface area contributed by atoms with Crippen LogP contribution in [-0.4, -0.2) is 38.8 Å². The number of thioether (sulfide) groups is 1. The van der Waals surface area contributed by atoms with Crippen molar-refractivity contribution in [3.8, 4) is 11.5 Å². The largest absolute Gasteiger partial charge is 0.457 e. The Morgan fingerprint density at radius 1 is 1.21 bits per heavy atom. The highest BCUT2D eigenvalue weighted by Gasteiger charge is 2.12. The molecule has 0 heterocycles. The molecule has 0 aliphatic carbocycles. The van der Waals surface area contributed by atoms with Crippen molar-refractivity contribution in [3.05, 3.63) is 53.1 Å². The van der Waals surface area contributed by atoms with Crippen LogP contribution in [-0.2, 0) is 27.9 Å². The van der Waals surface area contributed by atoms with E-state index in [2.05, 4.69) is 4.72 Å². The maximum Gasteiger partial charge on any atom is 0.219 e. The van der Waals surface area contributed by atoms with Crippen LogP contribution in [0.2, 0.25) is 0 Å². The third kappa shape index (κ3) is 6.54. The zero-order valence-corrected chi connectivity index (χ0v) is 18.4. The molecule has 0 aromatic heterocycles. The monoisotopic (exact) mass is 422 g/mol. The first-order valence-corrected chi connectivity index (χ1v) is 11.8. The SMILES string of the molecule is CSc1ccc(Oc2ccc(CNS(C)(=O)=O)cc2CN(C)C(C)=O)cc1C. The van der Waals surface area contributed by atoms with E-state index in [0.717, 1.165) is 22.9 Å². The van der Waals surface area contributed by atoms with Crippen LogP contribution in [0.4, 0.5) is 0 Å². The van der Waals surface area contributed by atoms with Gasteiger partial charge in [-0.05, 0) is 54.6 Å². The van der Waals surface area contributed by atoms with Gasteiger partial charge in [-0.3, -0.25) is 4.79 Å². The Labute approximate surface area is 171 Å². The Morgan fingerprint density at radius 3 is 2.50 bits per heavy atom. The van der Waals surface area contributed by atoms with E-state index in [1.54, 1.807) is 29.8 Å². The van der Waals surface area contributed by atoms with Gasteiger partial charge in [0.2, 0.25) is 15.9 Å².